The SMILES string of the molecule is NC(c1cccc(F)c1)C1CCC(F)(F)CC1. The molecular weight excluding hydrogens is 227 g/mol. The van der Waals surface area contributed by atoms with Crippen LogP contribution in [0.4, 0.5) is 13.2 Å². The molecule has 0 heterocycles. The second-order valence-electron chi connectivity index (χ2n) is 4.77. The van der Waals surface area contributed by atoms with Crippen molar-refractivity contribution >= 4 is 0 Å². The topological polar surface area (TPSA) is 26.0 Å². The summed E-state index contributed by atoms with van der Waals surface area (Å²) in [6.07, 6.45) is 0.594. The van der Waals surface area contributed by atoms with E-state index in [-0.39, 0.29) is 30.6 Å². The van der Waals surface area contributed by atoms with Crippen LogP contribution in [-0.2, 0) is 0 Å². The first-order chi connectivity index (χ1) is 7.98. The third-order valence-corrected chi connectivity index (χ3v) is 3.50. The zero-order valence-electron chi connectivity index (χ0n) is 9.50. The molecule has 2 N–H and O–H groups in total. The van der Waals surface area contributed by atoms with Crippen molar-refractivity contribution in [1.29, 1.82) is 0 Å². The molecule has 0 bridgehead atoms. The van der Waals surface area contributed by atoms with Gasteiger partial charge in [-0.2, -0.15) is 0 Å². The van der Waals surface area contributed by atoms with Gasteiger partial charge in [0.25, 0.3) is 0 Å². The van der Waals surface area contributed by atoms with Crippen molar-refractivity contribution in [2.75, 3.05) is 0 Å². The monoisotopic (exact) mass is 243 g/mol. The largest absolute Gasteiger partial charge is 0.324 e. The standard InChI is InChI=1S/C13H16F3N/c14-11-3-1-2-10(8-11)12(17)9-4-6-13(15,16)7-5-9/h1-3,8-9,12H,4-7,17H2. The molecule has 1 fully saturated rings. The van der Waals surface area contributed by atoms with E-state index in [2.05, 4.69) is 0 Å². The summed E-state index contributed by atoms with van der Waals surface area (Å²) in [5.41, 5.74) is 6.71. The Kier molecular flexibility index (Phi) is 3.43. The van der Waals surface area contributed by atoms with Gasteiger partial charge in [-0.05, 0) is 36.5 Å². The van der Waals surface area contributed by atoms with Crippen LogP contribution in [0.1, 0.15) is 37.3 Å². The van der Waals surface area contributed by atoms with Crippen molar-refractivity contribution in [3.8, 4) is 0 Å². The zero-order chi connectivity index (χ0) is 12.5. The van der Waals surface area contributed by atoms with Gasteiger partial charge in [-0.1, -0.05) is 12.1 Å². The molecule has 1 saturated carbocycles. The molecule has 1 aromatic carbocycles. The van der Waals surface area contributed by atoms with Crippen molar-refractivity contribution in [3.63, 3.8) is 0 Å². The smallest absolute Gasteiger partial charge is 0.248 e. The third kappa shape index (κ3) is 3.00. The van der Waals surface area contributed by atoms with Crippen LogP contribution in [0, 0.1) is 11.7 Å². The lowest BCUT2D eigenvalue weighted by atomic mass is 9.80. The molecule has 2 rings (SSSR count). The molecule has 0 saturated heterocycles. The molecule has 17 heavy (non-hydrogen) atoms. The van der Waals surface area contributed by atoms with Crippen molar-refractivity contribution in [1.82, 2.24) is 0 Å². The van der Waals surface area contributed by atoms with Crippen molar-refractivity contribution in [2.45, 2.75) is 37.6 Å². The molecule has 1 unspecified atom stereocenters. The molecule has 0 radical (unpaired) electrons. The highest BCUT2D eigenvalue weighted by molar-refractivity contribution is 5.20. The Morgan fingerprint density at radius 3 is 2.47 bits per heavy atom. The minimum atomic E-state index is -2.54. The van der Waals surface area contributed by atoms with Crippen LogP contribution in [0.15, 0.2) is 24.3 Å². The van der Waals surface area contributed by atoms with E-state index in [0.717, 1.165) is 0 Å². The Morgan fingerprint density at radius 1 is 1.24 bits per heavy atom. The Hall–Kier alpha value is -1.03. The van der Waals surface area contributed by atoms with Crippen LogP contribution >= 0.6 is 0 Å². The van der Waals surface area contributed by atoms with Gasteiger partial charge >= 0.3 is 0 Å². The van der Waals surface area contributed by atoms with Crippen molar-refractivity contribution in [2.24, 2.45) is 11.7 Å². The molecule has 1 aromatic rings. The normalized spacial score (nSPS) is 22.4. The van der Waals surface area contributed by atoms with Crippen molar-refractivity contribution in [3.05, 3.63) is 35.6 Å². The van der Waals surface area contributed by atoms with Gasteiger partial charge in [0.15, 0.2) is 0 Å². The predicted octanol–water partition coefficient (Wildman–Crippen LogP) is 3.65. The highest BCUT2D eigenvalue weighted by Gasteiger charge is 2.37. The number of alkyl halides is 2. The predicted molar refractivity (Wildman–Crippen MR) is 60.2 cm³/mol. The summed E-state index contributed by atoms with van der Waals surface area (Å²) >= 11 is 0. The summed E-state index contributed by atoms with van der Waals surface area (Å²) in [5, 5.41) is 0. The van der Waals surface area contributed by atoms with E-state index in [4.69, 9.17) is 5.73 Å². The summed E-state index contributed by atoms with van der Waals surface area (Å²) in [6.45, 7) is 0. The zero-order valence-corrected chi connectivity index (χ0v) is 9.50. The fourth-order valence-corrected chi connectivity index (χ4v) is 2.41. The van der Waals surface area contributed by atoms with E-state index >= 15 is 0 Å². The van der Waals surface area contributed by atoms with E-state index in [1.165, 1.54) is 12.1 Å². The van der Waals surface area contributed by atoms with E-state index in [1.54, 1.807) is 12.1 Å². The molecule has 4 heteroatoms. The van der Waals surface area contributed by atoms with E-state index in [1.807, 2.05) is 0 Å². The first-order valence-corrected chi connectivity index (χ1v) is 5.87. The number of nitrogens with two attached hydrogens (primary N) is 1. The average molecular weight is 243 g/mol. The Morgan fingerprint density at radius 2 is 1.88 bits per heavy atom. The van der Waals surface area contributed by atoms with E-state index < -0.39 is 5.92 Å². The minimum Gasteiger partial charge on any atom is -0.324 e. The van der Waals surface area contributed by atoms with Gasteiger partial charge in [0.2, 0.25) is 5.92 Å². The van der Waals surface area contributed by atoms with Crippen LogP contribution < -0.4 is 5.73 Å². The number of hydrogen-bond acceptors (Lipinski definition) is 1. The van der Waals surface area contributed by atoms with Crippen LogP contribution in [-0.4, -0.2) is 5.92 Å². The second kappa shape index (κ2) is 4.69. The second-order valence-corrected chi connectivity index (χ2v) is 4.77. The molecule has 1 aliphatic carbocycles. The molecule has 0 aromatic heterocycles. The molecule has 1 nitrogen and oxygen atoms in total. The van der Waals surface area contributed by atoms with E-state index in [0.29, 0.717) is 18.4 Å². The lowest BCUT2D eigenvalue weighted by Gasteiger charge is -2.32. The van der Waals surface area contributed by atoms with Gasteiger partial charge in [-0.15, -0.1) is 0 Å². The highest BCUT2D eigenvalue weighted by Crippen LogP contribution is 2.40. The number of benzene rings is 1. The summed E-state index contributed by atoms with van der Waals surface area (Å²) in [4.78, 5) is 0. The summed E-state index contributed by atoms with van der Waals surface area (Å²) in [7, 11) is 0. The summed E-state index contributed by atoms with van der Waals surface area (Å²) in [6, 6.07) is 5.74. The average Bonchev–Trinajstić information content (AvgIpc) is 2.28. The van der Waals surface area contributed by atoms with Crippen molar-refractivity contribution < 1.29 is 13.2 Å². The van der Waals surface area contributed by atoms with E-state index in [9.17, 15) is 13.2 Å². The minimum absolute atomic E-state index is 0.0245. The van der Waals surface area contributed by atoms with Gasteiger partial charge in [-0.25, -0.2) is 13.2 Å². The summed E-state index contributed by atoms with van der Waals surface area (Å²) < 4.78 is 39.1. The molecule has 0 spiro atoms. The first kappa shape index (κ1) is 12.4. The molecule has 0 aliphatic heterocycles. The first-order valence-electron chi connectivity index (χ1n) is 5.87. The maximum Gasteiger partial charge on any atom is 0.248 e. The fourth-order valence-electron chi connectivity index (χ4n) is 2.41. The highest BCUT2D eigenvalue weighted by atomic mass is 19.3. The van der Waals surface area contributed by atoms with Gasteiger partial charge in [-0.3, -0.25) is 0 Å². The Labute approximate surface area is 98.8 Å². The van der Waals surface area contributed by atoms with Gasteiger partial charge in [0.05, 0.1) is 0 Å². The lowest BCUT2D eigenvalue weighted by molar-refractivity contribution is -0.0483. The number of rotatable bonds is 2. The quantitative estimate of drug-likeness (QED) is 0.843. The lowest BCUT2D eigenvalue weighted by Crippen LogP contribution is -2.31. The molecule has 0 amide bonds. The van der Waals surface area contributed by atoms with Crippen LogP contribution in [0.2, 0.25) is 0 Å². The maximum absolute atomic E-state index is 13.0. The van der Waals surface area contributed by atoms with Gasteiger partial charge in [0, 0.05) is 18.9 Å². The Balaban J connectivity index is 2.04. The van der Waals surface area contributed by atoms with Gasteiger partial charge < -0.3 is 5.73 Å². The molecular formula is C13H16F3N. The van der Waals surface area contributed by atoms with Crippen LogP contribution in [0.3, 0.4) is 0 Å². The van der Waals surface area contributed by atoms with Gasteiger partial charge in [0.1, 0.15) is 5.82 Å². The Bertz CT molecular complexity index is 382. The third-order valence-electron chi connectivity index (χ3n) is 3.50. The molecule has 1 aliphatic rings. The van der Waals surface area contributed by atoms with Crippen LogP contribution in [0.25, 0.3) is 0 Å². The number of hydrogen-bond donors (Lipinski definition) is 1. The molecule has 94 valence electrons. The fraction of sp³-hybridized carbons (Fsp3) is 0.538. The van der Waals surface area contributed by atoms with Crippen LogP contribution in [0.5, 0.6) is 0 Å². The summed E-state index contributed by atoms with van der Waals surface area (Å²) in [5.74, 6) is -2.85. The number of halogens is 3. The molecule has 1 atom stereocenters. The maximum atomic E-state index is 13.0.